The largest absolute Gasteiger partial charge is 0.416 e. The third kappa shape index (κ3) is 5.11. The quantitative estimate of drug-likeness (QED) is 0.520. The van der Waals surface area contributed by atoms with Crippen molar-refractivity contribution in [3.63, 3.8) is 0 Å². The minimum Gasteiger partial charge on any atom is -0.384 e. The number of hydrogen-bond donors (Lipinski definition) is 2. The first-order valence-electron chi connectivity index (χ1n) is 8.59. The predicted octanol–water partition coefficient (Wildman–Crippen LogP) is 5.50. The van der Waals surface area contributed by atoms with E-state index in [0.717, 1.165) is 29.1 Å². The zero-order valence-electron chi connectivity index (χ0n) is 14.5. The minimum absolute atomic E-state index is 0.187. The molecule has 7 heteroatoms. The Labute approximate surface area is 160 Å². The molecule has 0 unspecified atom stereocenters. The Balaban J connectivity index is 1.48. The van der Waals surface area contributed by atoms with Crippen molar-refractivity contribution >= 4 is 28.2 Å². The molecule has 0 radical (unpaired) electrons. The molecular formula is C20H19ClF3N3. The first-order valence-corrected chi connectivity index (χ1v) is 8.97. The lowest BCUT2D eigenvalue weighted by atomic mass is 10.1. The maximum atomic E-state index is 13.0. The Morgan fingerprint density at radius 3 is 2.63 bits per heavy atom. The molecule has 0 amide bonds. The maximum absolute atomic E-state index is 13.0. The summed E-state index contributed by atoms with van der Waals surface area (Å²) >= 11 is 5.98. The average Bonchev–Trinajstić information content (AvgIpc) is 2.64. The van der Waals surface area contributed by atoms with Crippen molar-refractivity contribution in [2.45, 2.75) is 19.1 Å². The number of benzene rings is 2. The van der Waals surface area contributed by atoms with E-state index in [2.05, 4.69) is 15.6 Å². The first kappa shape index (κ1) is 19.5. The Bertz CT molecular complexity index is 912. The summed E-state index contributed by atoms with van der Waals surface area (Å²) < 4.78 is 38.9. The van der Waals surface area contributed by atoms with Gasteiger partial charge in [-0.25, -0.2) is 0 Å². The van der Waals surface area contributed by atoms with Crippen LogP contribution in [0, 0.1) is 0 Å². The number of fused-ring (bicyclic) bond motifs is 1. The molecule has 27 heavy (non-hydrogen) atoms. The van der Waals surface area contributed by atoms with Crippen LogP contribution < -0.4 is 10.6 Å². The van der Waals surface area contributed by atoms with Crippen molar-refractivity contribution in [3.8, 4) is 0 Å². The summed E-state index contributed by atoms with van der Waals surface area (Å²) in [4.78, 5) is 4.29. The first-order chi connectivity index (χ1) is 12.9. The number of aromatic nitrogens is 1. The fourth-order valence-electron chi connectivity index (χ4n) is 2.89. The van der Waals surface area contributed by atoms with Crippen LogP contribution in [0.5, 0.6) is 0 Å². The summed E-state index contributed by atoms with van der Waals surface area (Å²) in [6, 6.07) is 13.1. The van der Waals surface area contributed by atoms with Crippen LogP contribution in [-0.2, 0) is 12.7 Å². The number of hydrogen-bond acceptors (Lipinski definition) is 3. The van der Waals surface area contributed by atoms with Crippen molar-refractivity contribution in [2.75, 3.05) is 18.4 Å². The summed E-state index contributed by atoms with van der Waals surface area (Å²) in [5.41, 5.74) is 1.45. The second-order valence-corrected chi connectivity index (χ2v) is 6.57. The molecule has 142 valence electrons. The van der Waals surface area contributed by atoms with Gasteiger partial charge in [0.1, 0.15) is 0 Å². The fraction of sp³-hybridized carbons (Fsp3) is 0.250. The molecule has 3 aromatic rings. The summed E-state index contributed by atoms with van der Waals surface area (Å²) in [6.07, 6.45) is -1.84. The third-order valence-electron chi connectivity index (χ3n) is 4.19. The van der Waals surface area contributed by atoms with Crippen LogP contribution in [0.15, 0.2) is 54.7 Å². The number of halogens is 4. The number of nitrogens with one attached hydrogen (secondary N) is 2. The summed E-state index contributed by atoms with van der Waals surface area (Å²) in [5.74, 6) is 0. The van der Waals surface area contributed by atoms with E-state index in [4.69, 9.17) is 11.6 Å². The normalized spacial score (nSPS) is 11.7. The topological polar surface area (TPSA) is 37.0 Å². The van der Waals surface area contributed by atoms with Gasteiger partial charge in [-0.3, -0.25) is 4.98 Å². The van der Waals surface area contributed by atoms with Crippen LogP contribution in [0.3, 0.4) is 0 Å². The highest BCUT2D eigenvalue weighted by molar-refractivity contribution is 6.31. The average molecular weight is 394 g/mol. The minimum atomic E-state index is -4.33. The van der Waals surface area contributed by atoms with Crippen LogP contribution in [0.2, 0.25) is 5.02 Å². The highest BCUT2D eigenvalue weighted by Gasteiger charge is 2.32. The van der Waals surface area contributed by atoms with E-state index in [9.17, 15) is 13.2 Å². The summed E-state index contributed by atoms with van der Waals surface area (Å²) in [6.45, 7) is 1.48. The molecule has 0 aliphatic carbocycles. The summed E-state index contributed by atoms with van der Waals surface area (Å²) in [7, 11) is 0. The highest BCUT2D eigenvalue weighted by Crippen LogP contribution is 2.31. The van der Waals surface area contributed by atoms with Gasteiger partial charge in [0, 0.05) is 35.4 Å². The lowest BCUT2D eigenvalue weighted by molar-refractivity contribution is -0.138. The smallest absolute Gasteiger partial charge is 0.384 e. The molecule has 0 saturated heterocycles. The molecule has 2 N–H and O–H groups in total. The zero-order chi connectivity index (χ0) is 19.3. The molecule has 1 aromatic heterocycles. The molecule has 3 nitrogen and oxygen atoms in total. The molecule has 2 aromatic carbocycles. The van der Waals surface area contributed by atoms with Crippen molar-refractivity contribution in [1.82, 2.24) is 10.3 Å². The molecule has 0 fully saturated rings. The molecule has 0 aliphatic rings. The Kier molecular flexibility index (Phi) is 6.19. The van der Waals surface area contributed by atoms with Crippen molar-refractivity contribution in [1.29, 1.82) is 0 Å². The van der Waals surface area contributed by atoms with E-state index in [0.29, 0.717) is 18.1 Å². The van der Waals surface area contributed by atoms with Gasteiger partial charge >= 0.3 is 6.18 Å². The molecular weight excluding hydrogens is 375 g/mol. The lowest BCUT2D eigenvalue weighted by Gasteiger charge is -2.13. The van der Waals surface area contributed by atoms with Crippen LogP contribution in [0.25, 0.3) is 10.9 Å². The second kappa shape index (κ2) is 8.59. The highest BCUT2D eigenvalue weighted by atomic mass is 35.5. The fourth-order valence-corrected chi connectivity index (χ4v) is 3.05. The number of pyridine rings is 1. The Hall–Kier alpha value is -2.31. The van der Waals surface area contributed by atoms with Crippen LogP contribution >= 0.6 is 11.6 Å². The van der Waals surface area contributed by atoms with Crippen molar-refractivity contribution < 1.29 is 13.2 Å². The molecule has 0 atom stereocenters. The van der Waals surface area contributed by atoms with Gasteiger partial charge in [-0.1, -0.05) is 29.8 Å². The molecule has 0 aliphatic heterocycles. The van der Waals surface area contributed by atoms with Crippen molar-refractivity contribution in [2.24, 2.45) is 0 Å². The predicted molar refractivity (Wildman–Crippen MR) is 103 cm³/mol. The van der Waals surface area contributed by atoms with Gasteiger partial charge in [0.25, 0.3) is 0 Å². The number of anilines is 1. The van der Waals surface area contributed by atoms with Gasteiger partial charge in [0.2, 0.25) is 0 Å². The van der Waals surface area contributed by atoms with E-state index in [1.54, 1.807) is 12.3 Å². The molecule has 3 rings (SSSR count). The van der Waals surface area contributed by atoms with E-state index in [1.165, 1.54) is 12.1 Å². The lowest BCUT2D eigenvalue weighted by Crippen LogP contribution is -2.20. The Morgan fingerprint density at radius 2 is 1.81 bits per heavy atom. The van der Waals surface area contributed by atoms with Gasteiger partial charge in [0.15, 0.2) is 0 Å². The van der Waals surface area contributed by atoms with E-state index >= 15 is 0 Å². The Morgan fingerprint density at radius 1 is 1.00 bits per heavy atom. The third-order valence-corrected chi connectivity index (χ3v) is 4.42. The number of alkyl halides is 3. The van der Waals surface area contributed by atoms with Gasteiger partial charge in [-0.2, -0.15) is 13.2 Å². The van der Waals surface area contributed by atoms with E-state index < -0.39 is 11.7 Å². The van der Waals surface area contributed by atoms with E-state index in [1.807, 2.05) is 24.3 Å². The van der Waals surface area contributed by atoms with Gasteiger partial charge in [-0.15, -0.1) is 0 Å². The SMILES string of the molecule is FC(F)(F)c1ccccc1CNCCCNc1ccnc2cc(Cl)ccc12. The molecule has 0 saturated carbocycles. The zero-order valence-corrected chi connectivity index (χ0v) is 15.2. The van der Waals surface area contributed by atoms with Gasteiger partial charge < -0.3 is 10.6 Å². The molecule has 0 spiro atoms. The molecule has 1 heterocycles. The van der Waals surface area contributed by atoms with Crippen LogP contribution in [0.1, 0.15) is 17.5 Å². The van der Waals surface area contributed by atoms with Crippen molar-refractivity contribution in [3.05, 3.63) is 70.9 Å². The molecule has 0 bridgehead atoms. The van der Waals surface area contributed by atoms with E-state index in [-0.39, 0.29) is 12.1 Å². The van der Waals surface area contributed by atoms with Gasteiger partial charge in [-0.05, 0) is 48.9 Å². The second-order valence-electron chi connectivity index (χ2n) is 6.13. The number of rotatable bonds is 7. The standard InChI is InChI=1S/C20H19ClF3N3/c21-15-6-7-16-18(8-11-27-19(16)12-15)26-10-3-9-25-13-14-4-1-2-5-17(14)20(22,23)24/h1-2,4-8,11-12,25H,3,9-10,13H2,(H,26,27). The maximum Gasteiger partial charge on any atom is 0.416 e. The number of nitrogens with zero attached hydrogens (tertiary/aromatic N) is 1. The van der Waals surface area contributed by atoms with Gasteiger partial charge in [0.05, 0.1) is 11.1 Å². The monoisotopic (exact) mass is 393 g/mol. The van der Waals surface area contributed by atoms with Crippen LogP contribution in [-0.4, -0.2) is 18.1 Å². The summed E-state index contributed by atoms with van der Waals surface area (Å²) in [5, 5.41) is 8.03. The van der Waals surface area contributed by atoms with Crippen LogP contribution in [0.4, 0.5) is 18.9 Å².